The molecule has 0 bridgehead atoms. The number of alkyl halides is 4. The Bertz CT molecular complexity index is 429. The Morgan fingerprint density at radius 2 is 2.00 bits per heavy atom. The molecule has 0 heterocycles. The largest absolute Gasteiger partial charge is 0.417 e. The molecule has 0 radical (unpaired) electrons. The third-order valence-electron chi connectivity index (χ3n) is 1.79. The zero-order valence-electron chi connectivity index (χ0n) is 8.24. The molecule has 86 valence electrons. The van der Waals surface area contributed by atoms with Crippen LogP contribution in [0.2, 0.25) is 0 Å². The van der Waals surface area contributed by atoms with E-state index < -0.39 is 11.7 Å². The Morgan fingerprint density at radius 3 is 2.56 bits per heavy atom. The molecule has 1 rings (SSSR count). The van der Waals surface area contributed by atoms with Crippen molar-refractivity contribution in [3.05, 3.63) is 29.3 Å². The molecular weight excluding hydrogens is 283 g/mol. The van der Waals surface area contributed by atoms with Crippen LogP contribution in [0.5, 0.6) is 0 Å². The van der Waals surface area contributed by atoms with E-state index in [4.69, 9.17) is 5.73 Å². The molecule has 0 saturated carbocycles. The quantitative estimate of drug-likeness (QED) is 0.479. The van der Waals surface area contributed by atoms with Gasteiger partial charge in [-0.25, -0.2) is 0 Å². The van der Waals surface area contributed by atoms with Gasteiger partial charge in [-0.1, -0.05) is 27.8 Å². The average Bonchev–Trinajstić information content (AvgIpc) is 2.19. The van der Waals surface area contributed by atoms with Gasteiger partial charge in [0.1, 0.15) is 0 Å². The van der Waals surface area contributed by atoms with Gasteiger partial charge in [-0.3, -0.25) is 0 Å². The zero-order chi connectivity index (χ0) is 12.2. The topological polar surface area (TPSA) is 26.0 Å². The van der Waals surface area contributed by atoms with E-state index in [1.807, 2.05) is 0 Å². The second-order valence-corrected chi connectivity index (χ2v) is 3.84. The van der Waals surface area contributed by atoms with Crippen molar-refractivity contribution in [3.8, 4) is 11.8 Å². The third kappa shape index (κ3) is 3.46. The minimum Gasteiger partial charge on any atom is -0.399 e. The van der Waals surface area contributed by atoms with Gasteiger partial charge < -0.3 is 5.73 Å². The molecular formula is C11H9BrF3N. The van der Waals surface area contributed by atoms with Gasteiger partial charge >= 0.3 is 6.18 Å². The summed E-state index contributed by atoms with van der Waals surface area (Å²) in [7, 11) is 0. The van der Waals surface area contributed by atoms with Crippen LogP contribution in [0.1, 0.15) is 17.5 Å². The van der Waals surface area contributed by atoms with Gasteiger partial charge in [0.15, 0.2) is 0 Å². The minimum atomic E-state index is -4.42. The van der Waals surface area contributed by atoms with Gasteiger partial charge in [0.2, 0.25) is 0 Å². The highest BCUT2D eigenvalue weighted by molar-refractivity contribution is 9.09. The Hall–Kier alpha value is -1.15. The number of hydrogen-bond acceptors (Lipinski definition) is 1. The summed E-state index contributed by atoms with van der Waals surface area (Å²) in [5.74, 6) is 5.14. The van der Waals surface area contributed by atoms with Crippen LogP contribution in [0.3, 0.4) is 0 Å². The fourth-order valence-electron chi connectivity index (χ4n) is 1.11. The molecule has 16 heavy (non-hydrogen) atoms. The summed E-state index contributed by atoms with van der Waals surface area (Å²) in [6, 6.07) is 3.60. The Labute approximate surface area is 100.0 Å². The average molecular weight is 292 g/mol. The standard InChI is InChI=1S/C11H9BrF3N/c12-6-2-1-3-8-4-5-9(16)7-10(8)11(13,14)15/h4-5,7H,2,6,16H2. The monoisotopic (exact) mass is 291 g/mol. The predicted octanol–water partition coefficient (Wildman–Crippen LogP) is 3.42. The highest BCUT2D eigenvalue weighted by atomic mass is 79.9. The number of nitrogens with two attached hydrogens (primary N) is 1. The first-order chi connectivity index (χ1) is 7.45. The molecule has 0 aliphatic rings. The van der Waals surface area contributed by atoms with Crippen molar-refractivity contribution in [2.45, 2.75) is 12.6 Å². The van der Waals surface area contributed by atoms with Crippen molar-refractivity contribution in [2.75, 3.05) is 11.1 Å². The van der Waals surface area contributed by atoms with E-state index in [9.17, 15) is 13.2 Å². The maximum absolute atomic E-state index is 12.6. The molecule has 0 fully saturated rings. The lowest BCUT2D eigenvalue weighted by Gasteiger charge is -2.09. The molecule has 2 N–H and O–H groups in total. The molecule has 0 spiro atoms. The zero-order valence-corrected chi connectivity index (χ0v) is 9.82. The maximum atomic E-state index is 12.6. The van der Waals surface area contributed by atoms with E-state index in [1.165, 1.54) is 12.1 Å². The predicted molar refractivity (Wildman–Crippen MR) is 61.1 cm³/mol. The molecule has 0 amide bonds. The van der Waals surface area contributed by atoms with E-state index in [1.54, 1.807) is 0 Å². The number of halogens is 4. The van der Waals surface area contributed by atoms with Crippen LogP contribution in [0.15, 0.2) is 18.2 Å². The number of anilines is 1. The van der Waals surface area contributed by atoms with Crippen molar-refractivity contribution in [3.63, 3.8) is 0 Å². The van der Waals surface area contributed by atoms with E-state index in [2.05, 4.69) is 27.8 Å². The Morgan fingerprint density at radius 1 is 1.31 bits per heavy atom. The van der Waals surface area contributed by atoms with Crippen LogP contribution in [0.4, 0.5) is 18.9 Å². The van der Waals surface area contributed by atoms with Crippen LogP contribution < -0.4 is 5.73 Å². The molecule has 5 heteroatoms. The summed E-state index contributed by atoms with van der Waals surface area (Å²) in [6.07, 6.45) is -3.92. The highest BCUT2D eigenvalue weighted by Gasteiger charge is 2.33. The van der Waals surface area contributed by atoms with Crippen molar-refractivity contribution in [1.29, 1.82) is 0 Å². The van der Waals surface area contributed by atoms with Crippen LogP contribution in [-0.4, -0.2) is 5.33 Å². The van der Waals surface area contributed by atoms with E-state index >= 15 is 0 Å². The summed E-state index contributed by atoms with van der Waals surface area (Å²) in [4.78, 5) is 0. The number of nitrogen functional groups attached to an aromatic ring is 1. The van der Waals surface area contributed by atoms with Crippen molar-refractivity contribution >= 4 is 21.6 Å². The first-order valence-electron chi connectivity index (χ1n) is 4.46. The SMILES string of the molecule is Nc1ccc(C#CCCBr)c(C(F)(F)F)c1. The van der Waals surface area contributed by atoms with Gasteiger partial charge in [-0.05, 0) is 18.2 Å². The van der Waals surface area contributed by atoms with Crippen LogP contribution in [0, 0.1) is 11.8 Å². The lowest BCUT2D eigenvalue weighted by molar-refractivity contribution is -0.137. The lowest BCUT2D eigenvalue weighted by Crippen LogP contribution is -2.08. The number of benzene rings is 1. The summed E-state index contributed by atoms with van der Waals surface area (Å²) >= 11 is 3.15. The lowest BCUT2D eigenvalue weighted by atomic mass is 10.1. The van der Waals surface area contributed by atoms with Crippen LogP contribution in [-0.2, 0) is 6.18 Å². The van der Waals surface area contributed by atoms with E-state index in [0.717, 1.165) is 6.07 Å². The van der Waals surface area contributed by atoms with Crippen molar-refractivity contribution < 1.29 is 13.2 Å². The van der Waals surface area contributed by atoms with Crippen molar-refractivity contribution in [2.24, 2.45) is 0 Å². The van der Waals surface area contributed by atoms with Gasteiger partial charge in [0.05, 0.1) is 5.56 Å². The molecule has 0 aromatic heterocycles. The van der Waals surface area contributed by atoms with Gasteiger partial charge in [-0.2, -0.15) is 13.2 Å². The minimum absolute atomic E-state index is 0.0392. The third-order valence-corrected chi connectivity index (χ3v) is 2.19. The van der Waals surface area contributed by atoms with Crippen LogP contribution in [0.25, 0.3) is 0 Å². The molecule has 1 aromatic rings. The summed E-state index contributed by atoms with van der Waals surface area (Å²) in [6.45, 7) is 0. The molecule has 0 atom stereocenters. The Balaban J connectivity index is 3.15. The second kappa shape index (κ2) is 5.26. The van der Waals surface area contributed by atoms with Gasteiger partial charge in [-0.15, -0.1) is 0 Å². The molecule has 0 saturated heterocycles. The summed E-state index contributed by atoms with van der Waals surface area (Å²) in [5, 5.41) is 0.635. The number of rotatable bonds is 1. The smallest absolute Gasteiger partial charge is 0.399 e. The number of hydrogen-bond donors (Lipinski definition) is 1. The van der Waals surface area contributed by atoms with E-state index in [-0.39, 0.29) is 11.3 Å². The first kappa shape index (κ1) is 12.9. The van der Waals surface area contributed by atoms with Crippen molar-refractivity contribution in [1.82, 2.24) is 0 Å². The maximum Gasteiger partial charge on any atom is 0.417 e. The van der Waals surface area contributed by atoms with E-state index in [0.29, 0.717) is 11.8 Å². The molecule has 0 unspecified atom stereocenters. The highest BCUT2D eigenvalue weighted by Crippen LogP contribution is 2.32. The molecule has 0 aliphatic carbocycles. The normalized spacial score (nSPS) is 10.8. The fraction of sp³-hybridized carbons (Fsp3) is 0.273. The second-order valence-electron chi connectivity index (χ2n) is 3.04. The summed E-state index contributed by atoms with van der Waals surface area (Å²) < 4.78 is 37.8. The van der Waals surface area contributed by atoms with Gasteiger partial charge in [0.25, 0.3) is 0 Å². The molecule has 1 aromatic carbocycles. The Kier molecular flexibility index (Phi) is 4.25. The molecule has 0 aliphatic heterocycles. The molecule has 1 nitrogen and oxygen atoms in total. The van der Waals surface area contributed by atoms with Gasteiger partial charge in [0, 0.05) is 23.0 Å². The first-order valence-corrected chi connectivity index (χ1v) is 5.59. The van der Waals surface area contributed by atoms with Crippen LogP contribution >= 0.6 is 15.9 Å². The summed E-state index contributed by atoms with van der Waals surface area (Å²) in [5.41, 5.74) is 4.58. The fourth-order valence-corrected chi connectivity index (χ4v) is 1.31.